The Labute approximate surface area is 213 Å². The Morgan fingerprint density at radius 1 is 0.892 bits per heavy atom. The zero-order valence-corrected chi connectivity index (χ0v) is 20.1. The Kier molecular flexibility index (Phi) is 4.99. The third-order valence-corrected chi connectivity index (χ3v) is 7.59. The molecule has 5 aromatic rings. The summed E-state index contributed by atoms with van der Waals surface area (Å²) in [6.45, 7) is 1.77. The number of rotatable bonds is 4. The molecule has 0 atom stereocenters. The van der Waals surface area contributed by atoms with Gasteiger partial charge in [0.05, 0.1) is 11.1 Å². The second kappa shape index (κ2) is 8.51. The van der Waals surface area contributed by atoms with Gasteiger partial charge in [0.15, 0.2) is 5.78 Å². The van der Waals surface area contributed by atoms with Gasteiger partial charge in [-0.3, -0.25) is 9.59 Å². The average Bonchev–Trinajstić information content (AvgIpc) is 3.66. The van der Waals surface area contributed by atoms with Gasteiger partial charge in [0.2, 0.25) is 0 Å². The molecule has 1 aliphatic carbocycles. The van der Waals surface area contributed by atoms with Crippen LogP contribution in [0.1, 0.15) is 50.9 Å². The second-order valence-corrected chi connectivity index (χ2v) is 9.64. The number of amides is 1. The number of ketones is 1. The molecule has 0 bridgehead atoms. The van der Waals surface area contributed by atoms with Crippen molar-refractivity contribution in [2.75, 3.05) is 13.1 Å². The number of imidazole rings is 1. The molecule has 1 saturated heterocycles. The molecule has 2 aliphatic rings. The van der Waals surface area contributed by atoms with E-state index in [1.54, 1.807) is 6.07 Å². The highest BCUT2D eigenvalue weighted by Crippen LogP contribution is 2.39. The summed E-state index contributed by atoms with van der Waals surface area (Å²) in [6, 6.07) is 21.1. The largest absolute Gasteiger partial charge is 0.339 e. The van der Waals surface area contributed by atoms with Crippen LogP contribution in [0.25, 0.3) is 22.2 Å². The minimum Gasteiger partial charge on any atom is -0.339 e. The van der Waals surface area contributed by atoms with Gasteiger partial charge in [-0.2, -0.15) is 0 Å². The Bertz CT molecular complexity index is 1670. The number of fused-ring (bicyclic) bond motifs is 4. The Morgan fingerprint density at radius 2 is 1.65 bits per heavy atom. The van der Waals surface area contributed by atoms with Crippen molar-refractivity contribution in [3.05, 3.63) is 102 Å². The van der Waals surface area contributed by atoms with Gasteiger partial charge in [0.25, 0.3) is 5.91 Å². The topological polar surface area (TPSA) is 85.9 Å². The van der Waals surface area contributed by atoms with Gasteiger partial charge in [0.1, 0.15) is 18.0 Å². The number of hydrogen-bond donors (Lipinski definition) is 0. The molecule has 0 saturated carbocycles. The van der Waals surface area contributed by atoms with E-state index in [0.29, 0.717) is 36.4 Å². The number of benzene rings is 3. The summed E-state index contributed by atoms with van der Waals surface area (Å²) in [4.78, 5) is 33.3. The van der Waals surface area contributed by atoms with Crippen molar-refractivity contribution in [3.63, 3.8) is 0 Å². The van der Waals surface area contributed by atoms with E-state index >= 15 is 0 Å². The van der Waals surface area contributed by atoms with Gasteiger partial charge in [-0.05, 0) is 42.2 Å². The highest BCUT2D eigenvalue weighted by molar-refractivity contribution is 6.25. The average molecular weight is 489 g/mol. The lowest BCUT2D eigenvalue weighted by Gasteiger charge is -2.32. The molecular formula is C29H24N6O2. The third kappa shape index (κ3) is 3.48. The maximum absolute atomic E-state index is 13.6. The van der Waals surface area contributed by atoms with Crippen LogP contribution in [0.3, 0.4) is 0 Å². The first-order chi connectivity index (χ1) is 18.2. The normalized spacial score (nSPS) is 15.2. The molecule has 3 heterocycles. The van der Waals surface area contributed by atoms with Crippen molar-refractivity contribution in [2.45, 2.75) is 25.4 Å². The van der Waals surface area contributed by atoms with Gasteiger partial charge < -0.3 is 9.47 Å². The Balaban J connectivity index is 1.09. The van der Waals surface area contributed by atoms with E-state index in [4.69, 9.17) is 0 Å². The predicted molar refractivity (Wildman–Crippen MR) is 138 cm³/mol. The highest BCUT2D eigenvalue weighted by atomic mass is 16.2. The summed E-state index contributed by atoms with van der Waals surface area (Å²) < 4.78 is 3.99. The van der Waals surface area contributed by atoms with Crippen molar-refractivity contribution in [2.24, 2.45) is 0 Å². The predicted octanol–water partition coefficient (Wildman–Crippen LogP) is 4.36. The molecule has 3 aromatic carbocycles. The van der Waals surface area contributed by atoms with Crippen molar-refractivity contribution >= 4 is 22.7 Å². The van der Waals surface area contributed by atoms with Crippen LogP contribution in [0, 0.1) is 0 Å². The van der Waals surface area contributed by atoms with E-state index in [9.17, 15) is 9.59 Å². The number of carbonyl (C=O) groups is 2. The SMILES string of the molecule is O=C1c2ccccc2-c2cccc(C(=O)N3CCC(c4nccn4Cn4nnc5ccccc54)CC3)c21. The van der Waals surface area contributed by atoms with Crippen molar-refractivity contribution in [3.8, 4) is 11.1 Å². The van der Waals surface area contributed by atoms with E-state index in [1.807, 2.05) is 82.6 Å². The van der Waals surface area contributed by atoms with Gasteiger partial charge in [0, 0.05) is 42.5 Å². The van der Waals surface area contributed by atoms with Gasteiger partial charge in [-0.15, -0.1) is 5.10 Å². The Morgan fingerprint density at radius 3 is 2.51 bits per heavy atom. The van der Waals surface area contributed by atoms with E-state index in [1.165, 1.54) is 0 Å². The number of likely N-dealkylation sites (tertiary alicyclic amines) is 1. The van der Waals surface area contributed by atoms with Crippen LogP contribution in [0.15, 0.2) is 79.1 Å². The molecule has 0 spiro atoms. The van der Waals surface area contributed by atoms with Crippen LogP contribution in [0.4, 0.5) is 0 Å². The van der Waals surface area contributed by atoms with E-state index in [0.717, 1.165) is 40.8 Å². The zero-order chi connectivity index (χ0) is 24.9. The minimum absolute atomic E-state index is 0.0629. The van der Waals surface area contributed by atoms with Crippen molar-refractivity contribution < 1.29 is 9.59 Å². The van der Waals surface area contributed by atoms with Gasteiger partial charge in [-0.25, -0.2) is 9.67 Å². The lowest BCUT2D eigenvalue weighted by Crippen LogP contribution is -2.39. The molecule has 2 aromatic heterocycles. The number of piperidine rings is 1. The maximum Gasteiger partial charge on any atom is 0.254 e. The van der Waals surface area contributed by atoms with Crippen LogP contribution in [-0.2, 0) is 6.67 Å². The third-order valence-electron chi connectivity index (χ3n) is 7.59. The molecule has 1 amide bonds. The van der Waals surface area contributed by atoms with E-state index in [2.05, 4.69) is 19.9 Å². The van der Waals surface area contributed by atoms with Gasteiger partial charge >= 0.3 is 0 Å². The van der Waals surface area contributed by atoms with Crippen molar-refractivity contribution in [1.29, 1.82) is 0 Å². The van der Waals surface area contributed by atoms with Gasteiger partial charge in [-0.1, -0.05) is 53.7 Å². The number of para-hydroxylation sites is 1. The number of carbonyl (C=O) groups excluding carboxylic acids is 2. The molecule has 0 N–H and O–H groups in total. The molecule has 182 valence electrons. The summed E-state index contributed by atoms with van der Waals surface area (Å²) in [5, 5.41) is 8.57. The summed E-state index contributed by atoms with van der Waals surface area (Å²) in [5.41, 5.74) is 5.30. The lowest BCUT2D eigenvalue weighted by molar-refractivity contribution is 0.0706. The Hall–Kier alpha value is -4.59. The van der Waals surface area contributed by atoms with Crippen LogP contribution >= 0.6 is 0 Å². The number of nitrogens with zero attached hydrogens (tertiary/aromatic N) is 6. The molecule has 0 unspecified atom stereocenters. The number of aromatic nitrogens is 5. The molecule has 8 heteroatoms. The molecule has 1 fully saturated rings. The lowest BCUT2D eigenvalue weighted by atomic mass is 9.94. The zero-order valence-electron chi connectivity index (χ0n) is 20.1. The molecule has 7 rings (SSSR count). The first-order valence-electron chi connectivity index (χ1n) is 12.5. The fourth-order valence-corrected chi connectivity index (χ4v) is 5.73. The van der Waals surface area contributed by atoms with E-state index in [-0.39, 0.29) is 17.6 Å². The summed E-state index contributed by atoms with van der Waals surface area (Å²) in [5.74, 6) is 1.10. The molecule has 8 nitrogen and oxygen atoms in total. The van der Waals surface area contributed by atoms with Crippen LogP contribution in [0.5, 0.6) is 0 Å². The van der Waals surface area contributed by atoms with E-state index < -0.39 is 0 Å². The quantitative estimate of drug-likeness (QED) is 0.368. The highest BCUT2D eigenvalue weighted by Gasteiger charge is 2.33. The van der Waals surface area contributed by atoms with Crippen LogP contribution < -0.4 is 0 Å². The minimum atomic E-state index is -0.0751. The molecule has 37 heavy (non-hydrogen) atoms. The van der Waals surface area contributed by atoms with Crippen LogP contribution in [-0.4, -0.2) is 54.2 Å². The fraction of sp³-hybridized carbons (Fsp3) is 0.207. The maximum atomic E-state index is 13.6. The molecule has 0 radical (unpaired) electrons. The second-order valence-electron chi connectivity index (χ2n) is 9.64. The van der Waals surface area contributed by atoms with Crippen molar-refractivity contribution in [1.82, 2.24) is 29.4 Å². The fourth-order valence-electron chi connectivity index (χ4n) is 5.73. The summed E-state index contributed by atoms with van der Waals surface area (Å²) >= 11 is 0. The first-order valence-corrected chi connectivity index (χ1v) is 12.5. The molecular weight excluding hydrogens is 464 g/mol. The first kappa shape index (κ1) is 21.7. The van der Waals surface area contributed by atoms with Crippen LogP contribution in [0.2, 0.25) is 0 Å². The smallest absolute Gasteiger partial charge is 0.254 e. The monoisotopic (exact) mass is 488 g/mol. The summed E-state index contributed by atoms with van der Waals surface area (Å²) in [6.07, 6.45) is 5.41. The standard InChI is InChI=1S/C29H24N6O2/c36-27-22-7-2-1-6-20(22)21-8-5-9-23(26(21)27)29(37)33-15-12-19(13-16-33)28-30-14-17-34(28)18-35-25-11-4-3-10-24(25)31-32-35/h1-11,14,17,19H,12-13,15-16,18H2. The number of hydrogen-bond acceptors (Lipinski definition) is 5. The molecule has 1 aliphatic heterocycles. The summed E-state index contributed by atoms with van der Waals surface area (Å²) in [7, 11) is 0.